The third-order valence-electron chi connectivity index (χ3n) is 2.87. The van der Waals surface area contributed by atoms with Crippen LogP contribution in [0.5, 0.6) is 0 Å². The lowest BCUT2D eigenvalue weighted by Gasteiger charge is -2.25. The Labute approximate surface area is 139 Å². The van der Waals surface area contributed by atoms with Crippen molar-refractivity contribution in [2.24, 2.45) is 0 Å². The van der Waals surface area contributed by atoms with Gasteiger partial charge in [-0.05, 0) is 33.3 Å². The zero-order valence-electron chi connectivity index (χ0n) is 13.6. The van der Waals surface area contributed by atoms with E-state index in [-0.39, 0.29) is 6.42 Å². The van der Waals surface area contributed by atoms with Gasteiger partial charge in [0.05, 0.1) is 7.11 Å². The van der Waals surface area contributed by atoms with Crippen molar-refractivity contribution < 1.29 is 23.9 Å². The Morgan fingerprint density at radius 1 is 1.23 bits per heavy atom. The molecule has 1 aliphatic heterocycles. The lowest BCUT2D eigenvalue weighted by atomic mass is 10.2. The van der Waals surface area contributed by atoms with Gasteiger partial charge in [-0.15, -0.1) is 23.5 Å². The maximum absolute atomic E-state index is 12.6. The van der Waals surface area contributed by atoms with E-state index in [9.17, 15) is 14.4 Å². The summed E-state index contributed by atoms with van der Waals surface area (Å²) in [5.74, 6) is -1.13. The van der Waals surface area contributed by atoms with Gasteiger partial charge in [0.25, 0.3) is 5.91 Å². The molecule has 0 aromatic carbocycles. The minimum absolute atomic E-state index is 0.141. The SMILES string of the molecule is COC(=O)[C@@H]1CC(=C(SC)SC)C(=O)N1C(=O)OC(C)(C)C. The first kappa shape index (κ1) is 18.9. The molecule has 2 amide bonds. The van der Waals surface area contributed by atoms with Crippen molar-refractivity contribution in [1.82, 2.24) is 4.90 Å². The molecule has 0 aromatic heterocycles. The highest BCUT2D eigenvalue weighted by atomic mass is 32.2. The molecule has 0 saturated carbocycles. The Kier molecular flexibility index (Phi) is 6.37. The molecule has 0 N–H and O–H groups in total. The number of esters is 1. The number of carbonyl (C=O) groups excluding carboxylic acids is 3. The molecule has 0 radical (unpaired) electrons. The van der Waals surface area contributed by atoms with Gasteiger partial charge in [-0.2, -0.15) is 0 Å². The maximum Gasteiger partial charge on any atom is 0.418 e. The minimum Gasteiger partial charge on any atom is -0.467 e. The van der Waals surface area contributed by atoms with Crippen LogP contribution in [0.3, 0.4) is 0 Å². The second-order valence-corrected chi connectivity index (χ2v) is 7.46. The van der Waals surface area contributed by atoms with Crippen LogP contribution < -0.4 is 0 Å². The van der Waals surface area contributed by atoms with Crippen LogP contribution in [0.25, 0.3) is 0 Å². The van der Waals surface area contributed by atoms with Crippen LogP contribution in [-0.2, 0) is 19.1 Å². The van der Waals surface area contributed by atoms with Crippen LogP contribution >= 0.6 is 23.5 Å². The summed E-state index contributed by atoms with van der Waals surface area (Å²) < 4.78 is 10.7. The normalized spacial score (nSPS) is 18.5. The summed E-state index contributed by atoms with van der Waals surface area (Å²) in [5.41, 5.74) is -0.312. The molecular weight excluding hydrogens is 326 g/mol. The number of ether oxygens (including phenoxy) is 2. The van der Waals surface area contributed by atoms with Crippen molar-refractivity contribution >= 4 is 41.5 Å². The van der Waals surface area contributed by atoms with Crippen LogP contribution in [-0.4, -0.2) is 54.1 Å². The molecule has 0 bridgehead atoms. The van der Waals surface area contributed by atoms with E-state index in [1.54, 1.807) is 20.8 Å². The number of nitrogens with zero attached hydrogens (tertiary/aromatic N) is 1. The van der Waals surface area contributed by atoms with E-state index in [1.807, 2.05) is 12.5 Å². The number of rotatable bonds is 3. The fourth-order valence-corrected chi connectivity index (χ4v) is 3.51. The highest BCUT2D eigenvalue weighted by Crippen LogP contribution is 2.36. The number of likely N-dealkylation sites (tertiary alicyclic amines) is 1. The topological polar surface area (TPSA) is 72.9 Å². The molecule has 0 aromatic rings. The molecule has 1 fully saturated rings. The highest BCUT2D eigenvalue weighted by Gasteiger charge is 2.47. The summed E-state index contributed by atoms with van der Waals surface area (Å²) in [4.78, 5) is 37.6. The molecule has 0 spiro atoms. The molecule has 22 heavy (non-hydrogen) atoms. The molecule has 1 heterocycles. The Balaban J connectivity index is 3.20. The van der Waals surface area contributed by atoms with E-state index in [0.29, 0.717) is 5.57 Å². The lowest BCUT2D eigenvalue weighted by molar-refractivity contribution is -0.148. The Hall–Kier alpha value is -1.15. The van der Waals surface area contributed by atoms with E-state index in [0.717, 1.165) is 9.14 Å². The van der Waals surface area contributed by atoms with Gasteiger partial charge in [0.2, 0.25) is 0 Å². The van der Waals surface area contributed by atoms with Crippen LogP contribution in [0.4, 0.5) is 4.79 Å². The first-order valence-corrected chi connectivity index (χ1v) is 9.06. The number of imide groups is 1. The van der Waals surface area contributed by atoms with Crippen molar-refractivity contribution in [1.29, 1.82) is 0 Å². The summed E-state index contributed by atoms with van der Waals surface area (Å²) in [6.45, 7) is 5.10. The number of hydrogen-bond donors (Lipinski definition) is 0. The molecule has 8 heteroatoms. The van der Waals surface area contributed by atoms with E-state index in [2.05, 4.69) is 0 Å². The van der Waals surface area contributed by atoms with Gasteiger partial charge in [-0.1, -0.05) is 0 Å². The number of thioether (sulfide) groups is 2. The molecule has 6 nitrogen and oxygen atoms in total. The van der Waals surface area contributed by atoms with Gasteiger partial charge in [0.15, 0.2) is 0 Å². The van der Waals surface area contributed by atoms with Gasteiger partial charge < -0.3 is 9.47 Å². The zero-order valence-corrected chi connectivity index (χ0v) is 15.2. The van der Waals surface area contributed by atoms with Crippen molar-refractivity contribution in [3.8, 4) is 0 Å². The van der Waals surface area contributed by atoms with E-state index < -0.39 is 29.6 Å². The van der Waals surface area contributed by atoms with Gasteiger partial charge in [0, 0.05) is 16.2 Å². The molecule has 0 unspecified atom stereocenters. The van der Waals surface area contributed by atoms with E-state index in [4.69, 9.17) is 9.47 Å². The molecule has 124 valence electrons. The molecule has 1 aliphatic rings. The summed E-state index contributed by atoms with van der Waals surface area (Å²) in [5, 5.41) is 0. The quantitative estimate of drug-likeness (QED) is 0.574. The molecule has 1 atom stereocenters. The first-order valence-electron chi connectivity index (χ1n) is 6.61. The van der Waals surface area contributed by atoms with Crippen molar-refractivity contribution in [3.63, 3.8) is 0 Å². The van der Waals surface area contributed by atoms with E-state index >= 15 is 0 Å². The van der Waals surface area contributed by atoms with Crippen LogP contribution in [0.2, 0.25) is 0 Å². The Morgan fingerprint density at radius 3 is 2.18 bits per heavy atom. The predicted octanol–water partition coefficient (Wildman–Crippen LogP) is 2.63. The number of methoxy groups -OCH3 is 1. The Bertz CT molecular complexity index is 504. The zero-order chi connectivity index (χ0) is 17.1. The standard InChI is InChI=1S/C14H21NO5S2/c1-14(2,3)20-13(18)15-9(11(17)19-4)7-8(10(15)16)12(21-5)22-6/h9H,7H2,1-6H3/t9-/m0/s1. The molecular formula is C14H21NO5S2. The largest absolute Gasteiger partial charge is 0.467 e. The van der Waals surface area contributed by atoms with Crippen LogP contribution in [0.15, 0.2) is 9.81 Å². The average molecular weight is 347 g/mol. The smallest absolute Gasteiger partial charge is 0.418 e. The van der Waals surface area contributed by atoms with Gasteiger partial charge in [-0.25, -0.2) is 14.5 Å². The Morgan fingerprint density at radius 2 is 1.77 bits per heavy atom. The summed E-state index contributed by atoms with van der Waals surface area (Å²) in [6.07, 6.45) is 3.00. The fraction of sp³-hybridized carbons (Fsp3) is 0.643. The van der Waals surface area contributed by atoms with Crippen molar-refractivity contribution in [2.75, 3.05) is 19.6 Å². The molecule has 1 rings (SSSR count). The average Bonchev–Trinajstić information content (AvgIpc) is 2.75. The van der Waals surface area contributed by atoms with Crippen LogP contribution in [0.1, 0.15) is 27.2 Å². The maximum atomic E-state index is 12.6. The summed E-state index contributed by atoms with van der Waals surface area (Å²) in [7, 11) is 1.23. The van der Waals surface area contributed by atoms with Crippen molar-refractivity contribution in [3.05, 3.63) is 9.81 Å². The number of hydrogen-bond acceptors (Lipinski definition) is 7. The second-order valence-electron chi connectivity index (χ2n) is 5.57. The van der Waals surface area contributed by atoms with Crippen LogP contribution in [0, 0.1) is 0 Å². The van der Waals surface area contributed by atoms with Gasteiger partial charge in [-0.3, -0.25) is 4.79 Å². The first-order chi connectivity index (χ1) is 10.2. The predicted molar refractivity (Wildman–Crippen MR) is 87.6 cm³/mol. The molecule has 1 saturated heterocycles. The summed E-state index contributed by atoms with van der Waals surface area (Å²) >= 11 is 2.82. The lowest BCUT2D eigenvalue weighted by Crippen LogP contribution is -2.45. The third-order valence-corrected chi connectivity index (χ3v) is 5.10. The second kappa shape index (κ2) is 7.41. The van der Waals surface area contributed by atoms with E-state index in [1.165, 1.54) is 30.6 Å². The van der Waals surface area contributed by atoms with Gasteiger partial charge in [0.1, 0.15) is 11.6 Å². The fourth-order valence-electron chi connectivity index (χ4n) is 2.01. The summed E-state index contributed by atoms with van der Waals surface area (Å²) in [6, 6.07) is -0.975. The monoisotopic (exact) mass is 347 g/mol. The third kappa shape index (κ3) is 4.19. The number of carbonyl (C=O) groups is 3. The minimum atomic E-state index is -0.975. The number of amides is 2. The van der Waals surface area contributed by atoms with Crippen molar-refractivity contribution in [2.45, 2.75) is 38.8 Å². The molecule has 0 aliphatic carbocycles. The van der Waals surface area contributed by atoms with Gasteiger partial charge >= 0.3 is 12.1 Å². The highest BCUT2D eigenvalue weighted by molar-refractivity contribution is 8.21.